The number of fused-ring (bicyclic) bond motifs is 1. The van der Waals surface area contributed by atoms with Crippen molar-refractivity contribution in [1.82, 2.24) is 24.9 Å². The molecule has 3 heterocycles. The smallest absolute Gasteiger partial charge is 0.282 e. The highest BCUT2D eigenvalue weighted by Crippen LogP contribution is 2.26. The monoisotopic (exact) mass is 299 g/mol. The Bertz CT molecular complexity index is 749. The van der Waals surface area contributed by atoms with Crippen LogP contribution in [0.2, 0.25) is 0 Å². The van der Waals surface area contributed by atoms with Gasteiger partial charge in [-0.3, -0.25) is 4.79 Å². The Morgan fingerprint density at radius 2 is 2.24 bits per heavy atom. The van der Waals surface area contributed by atoms with Crippen molar-refractivity contribution in [2.75, 3.05) is 13.1 Å². The van der Waals surface area contributed by atoms with Crippen LogP contribution < -0.4 is 0 Å². The first-order chi connectivity index (χ1) is 10.3. The molecule has 1 saturated heterocycles. The number of benzene rings is 1. The molecule has 3 aromatic rings. The van der Waals surface area contributed by atoms with Crippen molar-refractivity contribution in [2.45, 2.75) is 12.5 Å². The topological polar surface area (TPSA) is 63.9 Å². The van der Waals surface area contributed by atoms with Crippen LogP contribution in [0.5, 0.6) is 0 Å². The Labute approximate surface area is 125 Å². The molecule has 1 atom stereocenters. The molecule has 1 aromatic carbocycles. The third-order valence-electron chi connectivity index (χ3n) is 3.74. The summed E-state index contributed by atoms with van der Waals surface area (Å²) < 4.78 is 2.87. The number of hydrogen-bond acceptors (Lipinski definition) is 5. The molecule has 0 aliphatic carbocycles. The fourth-order valence-electron chi connectivity index (χ4n) is 2.65. The van der Waals surface area contributed by atoms with Crippen LogP contribution in [0.4, 0.5) is 0 Å². The Morgan fingerprint density at radius 3 is 3.05 bits per heavy atom. The molecular weight excluding hydrogens is 286 g/mol. The van der Waals surface area contributed by atoms with Crippen molar-refractivity contribution in [3.05, 3.63) is 41.7 Å². The van der Waals surface area contributed by atoms with E-state index in [2.05, 4.69) is 15.3 Å². The lowest BCUT2D eigenvalue weighted by molar-refractivity contribution is 0.0787. The third-order valence-corrected chi connectivity index (χ3v) is 4.77. The molecule has 1 fully saturated rings. The van der Waals surface area contributed by atoms with Gasteiger partial charge in [-0.25, -0.2) is 9.67 Å². The highest BCUT2D eigenvalue weighted by Gasteiger charge is 2.29. The zero-order chi connectivity index (χ0) is 14.2. The largest absolute Gasteiger partial charge is 0.334 e. The summed E-state index contributed by atoms with van der Waals surface area (Å²) >= 11 is 1.45. The van der Waals surface area contributed by atoms with Crippen LogP contribution in [0, 0.1) is 0 Å². The van der Waals surface area contributed by atoms with Gasteiger partial charge in [0.25, 0.3) is 5.91 Å². The SMILES string of the molecule is O=C(c1nc2ccccc2s1)N1CC[C@H](n2ccnn2)C1. The Balaban J connectivity index is 1.55. The summed E-state index contributed by atoms with van der Waals surface area (Å²) in [5.41, 5.74) is 0.887. The summed E-state index contributed by atoms with van der Waals surface area (Å²) in [4.78, 5) is 18.8. The Kier molecular flexibility index (Phi) is 2.92. The number of aromatic nitrogens is 4. The van der Waals surface area contributed by atoms with E-state index in [1.165, 1.54) is 11.3 Å². The first-order valence-corrected chi connectivity index (χ1v) is 7.63. The second-order valence-electron chi connectivity index (χ2n) is 5.06. The van der Waals surface area contributed by atoms with Crippen molar-refractivity contribution in [2.24, 2.45) is 0 Å². The summed E-state index contributed by atoms with van der Waals surface area (Å²) in [6, 6.07) is 8.04. The number of carbonyl (C=O) groups is 1. The number of carbonyl (C=O) groups excluding carboxylic acids is 1. The minimum absolute atomic E-state index is 0.0128. The van der Waals surface area contributed by atoms with Crippen LogP contribution in [0.25, 0.3) is 10.2 Å². The molecule has 106 valence electrons. The molecule has 0 unspecified atom stereocenters. The quantitative estimate of drug-likeness (QED) is 0.726. The molecule has 0 bridgehead atoms. The summed E-state index contributed by atoms with van der Waals surface area (Å²) in [5, 5.41) is 8.40. The van der Waals surface area contributed by atoms with Crippen LogP contribution in [0.3, 0.4) is 0 Å². The minimum atomic E-state index is 0.0128. The first kappa shape index (κ1) is 12.5. The highest BCUT2D eigenvalue weighted by molar-refractivity contribution is 7.20. The molecule has 2 aromatic heterocycles. The van der Waals surface area contributed by atoms with Crippen LogP contribution >= 0.6 is 11.3 Å². The van der Waals surface area contributed by atoms with Gasteiger partial charge in [-0.2, -0.15) is 0 Å². The maximum absolute atomic E-state index is 12.6. The number of rotatable bonds is 2. The lowest BCUT2D eigenvalue weighted by atomic mass is 10.3. The fraction of sp³-hybridized carbons (Fsp3) is 0.286. The van der Waals surface area contributed by atoms with Gasteiger partial charge in [0, 0.05) is 19.3 Å². The molecule has 0 saturated carbocycles. The molecule has 1 aliphatic heterocycles. The molecule has 21 heavy (non-hydrogen) atoms. The molecule has 7 heteroatoms. The van der Waals surface area contributed by atoms with E-state index >= 15 is 0 Å². The summed E-state index contributed by atoms with van der Waals surface area (Å²) in [6.45, 7) is 1.40. The lowest BCUT2D eigenvalue weighted by Crippen LogP contribution is -2.29. The molecule has 0 N–H and O–H groups in total. The van der Waals surface area contributed by atoms with Gasteiger partial charge in [-0.05, 0) is 18.6 Å². The summed E-state index contributed by atoms with van der Waals surface area (Å²) in [6.07, 6.45) is 4.41. The summed E-state index contributed by atoms with van der Waals surface area (Å²) in [5.74, 6) is 0.0128. The summed E-state index contributed by atoms with van der Waals surface area (Å²) in [7, 11) is 0. The fourth-order valence-corrected chi connectivity index (χ4v) is 3.59. The van der Waals surface area contributed by atoms with Gasteiger partial charge in [-0.15, -0.1) is 16.4 Å². The van der Waals surface area contributed by atoms with Crippen LogP contribution in [0.15, 0.2) is 36.7 Å². The lowest BCUT2D eigenvalue weighted by Gasteiger charge is -2.14. The molecule has 0 radical (unpaired) electrons. The maximum atomic E-state index is 12.6. The van der Waals surface area contributed by atoms with Crippen molar-refractivity contribution in [1.29, 1.82) is 0 Å². The van der Waals surface area contributed by atoms with E-state index in [0.29, 0.717) is 11.6 Å². The second kappa shape index (κ2) is 4.92. The number of para-hydroxylation sites is 1. The zero-order valence-electron chi connectivity index (χ0n) is 11.2. The van der Waals surface area contributed by atoms with E-state index in [1.807, 2.05) is 40.0 Å². The number of thiazole rings is 1. The van der Waals surface area contributed by atoms with E-state index in [9.17, 15) is 4.79 Å². The number of hydrogen-bond donors (Lipinski definition) is 0. The molecule has 0 spiro atoms. The average molecular weight is 299 g/mol. The zero-order valence-corrected chi connectivity index (χ0v) is 12.0. The molecule has 1 aliphatic rings. The molecule has 1 amide bonds. The van der Waals surface area contributed by atoms with Crippen molar-refractivity contribution in [3.63, 3.8) is 0 Å². The minimum Gasteiger partial charge on any atom is -0.334 e. The van der Waals surface area contributed by atoms with E-state index in [-0.39, 0.29) is 11.9 Å². The van der Waals surface area contributed by atoms with Gasteiger partial charge in [0.15, 0.2) is 5.01 Å². The second-order valence-corrected chi connectivity index (χ2v) is 6.09. The van der Waals surface area contributed by atoms with Gasteiger partial charge in [0.1, 0.15) is 0 Å². The maximum Gasteiger partial charge on any atom is 0.282 e. The van der Waals surface area contributed by atoms with Crippen molar-refractivity contribution < 1.29 is 4.79 Å². The van der Waals surface area contributed by atoms with Crippen LogP contribution in [-0.2, 0) is 0 Å². The van der Waals surface area contributed by atoms with E-state index in [0.717, 1.165) is 23.2 Å². The number of amides is 1. The first-order valence-electron chi connectivity index (χ1n) is 6.82. The third kappa shape index (κ3) is 2.19. The van der Waals surface area contributed by atoms with Gasteiger partial charge in [0.2, 0.25) is 0 Å². The average Bonchev–Trinajstić information content (AvgIpc) is 3.24. The Hall–Kier alpha value is -2.28. The van der Waals surface area contributed by atoms with Gasteiger partial charge in [-0.1, -0.05) is 17.3 Å². The van der Waals surface area contributed by atoms with E-state index in [4.69, 9.17) is 0 Å². The van der Waals surface area contributed by atoms with E-state index < -0.39 is 0 Å². The molecule has 6 nitrogen and oxygen atoms in total. The normalized spacial score (nSPS) is 18.5. The van der Waals surface area contributed by atoms with Crippen molar-refractivity contribution >= 4 is 27.5 Å². The van der Waals surface area contributed by atoms with Crippen LogP contribution in [0.1, 0.15) is 22.3 Å². The van der Waals surface area contributed by atoms with Gasteiger partial charge >= 0.3 is 0 Å². The van der Waals surface area contributed by atoms with Crippen molar-refractivity contribution in [3.8, 4) is 0 Å². The van der Waals surface area contributed by atoms with Crippen LogP contribution in [-0.4, -0.2) is 43.9 Å². The number of likely N-dealkylation sites (tertiary alicyclic amines) is 1. The highest BCUT2D eigenvalue weighted by atomic mass is 32.1. The standard InChI is InChI=1S/C14H13N5OS/c20-14(13-16-11-3-1-2-4-12(11)21-13)18-7-5-10(9-18)19-8-6-15-17-19/h1-4,6,8,10H,5,7,9H2/t10-/m0/s1. The molecule has 4 rings (SSSR count). The Morgan fingerprint density at radius 1 is 1.33 bits per heavy atom. The van der Waals surface area contributed by atoms with Gasteiger partial charge < -0.3 is 4.90 Å². The predicted octanol–water partition coefficient (Wildman–Crippen LogP) is 1.97. The van der Waals surface area contributed by atoms with E-state index in [1.54, 1.807) is 6.20 Å². The number of nitrogens with zero attached hydrogens (tertiary/aromatic N) is 5. The predicted molar refractivity (Wildman–Crippen MR) is 79.2 cm³/mol. The van der Waals surface area contributed by atoms with Gasteiger partial charge in [0.05, 0.1) is 22.5 Å². The molecular formula is C14H13N5OS.